The van der Waals surface area contributed by atoms with Crippen LogP contribution in [0.25, 0.3) is 0 Å². The number of sulfone groups is 1. The largest absolute Gasteiger partial charge is 0.356 e. The third-order valence-electron chi connectivity index (χ3n) is 3.06. The Labute approximate surface area is 111 Å². The molecule has 1 amide bonds. The second kappa shape index (κ2) is 5.28. The predicted octanol–water partition coefficient (Wildman–Crippen LogP) is 1.78. The number of carbonyl (C=O) groups is 1. The first-order valence-corrected chi connectivity index (χ1v) is 7.69. The van der Waals surface area contributed by atoms with Gasteiger partial charge in [-0.1, -0.05) is 11.6 Å². The van der Waals surface area contributed by atoms with Crippen molar-refractivity contribution in [3.8, 4) is 0 Å². The second-order valence-electron chi connectivity index (χ2n) is 4.30. The minimum absolute atomic E-state index is 0.0798. The number of benzene rings is 1. The molecule has 1 heterocycles. The lowest BCUT2D eigenvalue weighted by atomic mass is 10.2. The molecule has 0 saturated carbocycles. The van der Waals surface area contributed by atoms with Crippen LogP contribution in [0.5, 0.6) is 0 Å². The molecule has 1 aromatic carbocycles. The number of amides is 1. The molecule has 6 heteroatoms. The minimum Gasteiger partial charge on any atom is -0.356 e. The maximum absolute atomic E-state index is 12.4. The smallest absolute Gasteiger partial charge is 0.220 e. The van der Waals surface area contributed by atoms with Crippen LogP contribution in [0, 0.1) is 0 Å². The van der Waals surface area contributed by atoms with Gasteiger partial charge < -0.3 is 5.32 Å². The van der Waals surface area contributed by atoms with Crippen molar-refractivity contribution in [1.29, 1.82) is 0 Å². The summed E-state index contributed by atoms with van der Waals surface area (Å²) < 4.78 is 24.8. The Balaban J connectivity index is 2.25. The molecule has 1 atom stereocenters. The lowest BCUT2D eigenvalue weighted by molar-refractivity contribution is -0.120. The Kier molecular flexibility index (Phi) is 3.92. The third kappa shape index (κ3) is 2.84. The molecule has 4 nitrogen and oxygen atoms in total. The van der Waals surface area contributed by atoms with Crippen LogP contribution < -0.4 is 5.32 Å². The number of nitrogens with one attached hydrogen (secondary N) is 1. The Morgan fingerprint density at radius 1 is 1.17 bits per heavy atom. The van der Waals surface area contributed by atoms with E-state index >= 15 is 0 Å². The zero-order chi connectivity index (χ0) is 13.2. The van der Waals surface area contributed by atoms with Crippen LogP contribution in [0.1, 0.15) is 19.3 Å². The summed E-state index contributed by atoms with van der Waals surface area (Å²) in [6.45, 7) is 0.413. The summed E-state index contributed by atoms with van der Waals surface area (Å²) >= 11 is 5.74. The van der Waals surface area contributed by atoms with Crippen molar-refractivity contribution in [2.45, 2.75) is 29.4 Å². The van der Waals surface area contributed by atoms with Crippen LogP contribution in [0.3, 0.4) is 0 Å². The lowest BCUT2D eigenvalue weighted by Crippen LogP contribution is -2.24. The fourth-order valence-corrected chi connectivity index (χ4v) is 3.91. The summed E-state index contributed by atoms with van der Waals surface area (Å²) in [6, 6.07) is 6.15. The molecule has 0 spiro atoms. The molecule has 1 aromatic rings. The molecule has 0 aromatic heterocycles. The molecule has 0 aliphatic carbocycles. The van der Waals surface area contributed by atoms with E-state index in [1.165, 1.54) is 12.1 Å². The molecule has 98 valence electrons. The lowest BCUT2D eigenvalue weighted by Gasteiger charge is -2.14. The van der Waals surface area contributed by atoms with Gasteiger partial charge in [-0.2, -0.15) is 0 Å². The van der Waals surface area contributed by atoms with E-state index in [0.29, 0.717) is 24.4 Å². The van der Waals surface area contributed by atoms with Gasteiger partial charge in [-0.15, -0.1) is 0 Å². The van der Waals surface area contributed by atoms with Gasteiger partial charge in [0.25, 0.3) is 0 Å². The van der Waals surface area contributed by atoms with Crippen molar-refractivity contribution >= 4 is 27.3 Å². The number of carbonyl (C=O) groups excluding carboxylic acids is 1. The summed E-state index contributed by atoms with van der Waals surface area (Å²) in [5.41, 5.74) is 0. The Morgan fingerprint density at radius 3 is 2.50 bits per heavy atom. The molecule has 1 saturated heterocycles. The predicted molar refractivity (Wildman–Crippen MR) is 69.3 cm³/mol. The highest BCUT2D eigenvalue weighted by atomic mass is 35.5. The highest BCUT2D eigenvalue weighted by Crippen LogP contribution is 2.24. The number of halogens is 1. The average molecular weight is 288 g/mol. The first-order valence-electron chi connectivity index (χ1n) is 5.76. The zero-order valence-electron chi connectivity index (χ0n) is 9.73. The van der Waals surface area contributed by atoms with E-state index < -0.39 is 15.1 Å². The second-order valence-corrected chi connectivity index (χ2v) is 6.96. The van der Waals surface area contributed by atoms with Gasteiger partial charge in [0, 0.05) is 18.0 Å². The van der Waals surface area contributed by atoms with E-state index in [9.17, 15) is 13.2 Å². The molecular weight excluding hydrogens is 274 g/mol. The van der Waals surface area contributed by atoms with Gasteiger partial charge in [-0.25, -0.2) is 8.42 Å². The molecule has 1 aliphatic rings. The van der Waals surface area contributed by atoms with E-state index in [1.54, 1.807) is 12.1 Å². The molecule has 1 N–H and O–H groups in total. The van der Waals surface area contributed by atoms with E-state index in [2.05, 4.69) is 5.32 Å². The van der Waals surface area contributed by atoms with E-state index in [4.69, 9.17) is 11.6 Å². The van der Waals surface area contributed by atoms with Crippen molar-refractivity contribution in [3.63, 3.8) is 0 Å². The van der Waals surface area contributed by atoms with Crippen molar-refractivity contribution < 1.29 is 13.2 Å². The third-order valence-corrected chi connectivity index (χ3v) is 5.59. The van der Waals surface area contributed by atoms with Crippen LogP contribution in [0.15, 0.2) is 29.2 Å². The quantitative estimate of drug-likeness (QED) is 0.902. The van der Waals surface area contributed by atoms with Gasteiger partial charge in [0.05, 0.1) is 10.1 Å². The van der Waals surface area contributed by atoms with Crippen molar-refractivity contribution in [2.24, 2.45) is 0 Å². The molecule has 0 bridgehead atoms. The maximum atomic E-state index is 12.4. The Bertz CT molecular complexity index is 539. The van der Waals surface area contributed by atoms with Crippen LogP contribution in [0.2, 0.25) is 5.02 Å². The Morgan fingerprint density at radius 2 is 1.83 bits per heavy atom. The first-order chi connectivity index (χ1) is 8.50. The summed E-state index contributed by atoms with van der Waals surface area (Å²) in [7, 11) is -3.38. The number of hydrogen-bond acceptors (Lipinski definition) is 3. The molecule has 0 radical (unpaired) electrons. The summed E-state index contributed by atoms with van der Waals surface area (Å²) in [5, 5.41) is 2.69. The summed E-state index contributed by atoms with van der Waals surface area (Å²) in [5.74, 6) is -0.0798. The SMILES string of the molecule is O=C1CCC(S(=O)(=O)c2ccc(Cl)cc2)CCN1. The summed E-state index contributed by atoms with van der Waals surface area (Å²) in [4.78, 5) is 11.5. The highest BCUT2D eigenvalue weighted by molar-refractivity contribution is 7.92. The molecule has 18 heavy (non-hydrogen) atoms. The molecular formula is C12H14ClNO3S. The van der Waals surface area contributed by atoms with Gasteiger partial charge in [0.2, 0.25) is 5.91 Å². The highest BCUT2D eigenvalue weighted by Gasteiger charge is 2.29. The van der Waals surface area contributed by atoms with Gasteiger partial charge in [-0.3, -0.25) is 4.79 Å². The topological polar surface area (TPSA) is 63.2 Å². The fourth-order valence-electron chi connectivity index (χ4n) is 2.02. The van der Waals surface area contributed by atoms with E-state index in [0.717, 1.165) is 0 Å². The normalized spacial score (nSPS) is 21.2. The van der Waals surface area contributed by atoms with E-state index in [-0.39, 0.29) is 17.2 Å². The monoisotopic (exact) mass is 287 g/mol. The van der Waals surface area contributed by atoms with Crippen LogP contribution >= 0.6 is 11.6 Å². The summed E-state index contributed by atoms with van der Waals surface area (Å²) in [6.07, 6.45) is 1.09. The van der Waals surface area contributed by atoms with Crippen molar-refractivity contribution in [1.82, 2.24) is 5.32 Å². The first kappa shape index (κ1) is 13.4. The van der Waals surface area contributed by atoms with Crippen molar-refractivity contribution in [2.75, 3.05) is 6.54 Å². The minimum atomic E-state index is -3.38. The van der Waals surface area contributed by atoms with Crippen LogP contribution in [-0.4, -0.2) is 26.1 Å². The maximum Gasteiger partial charge on any atom is 0.220 e. The van der Waals surface area contributed by atoms with Gasteiger partial charge in [0.1, 0.15) is 0 Å². The number of hydrogen-bond donors (Lipinski definition) is 1. The van der Waals surface area contributed by atoms with Gasteiger partial charge in [-0.05, 0) is 37.1 Å². The zero-order valence-corrected chi connectivity index (χ0v) is 11.3. The molecule has 1 unspecified atom stereocenters. The molecule has 1 fully saturated rings. The van der Waals surface area contributed by atoms with E-state index in [1.807, 2.05) is 0 Å². The Hall–Kier alpha value is -1.07. The van der Waals surface area contributed by atoms with Gasteiger partial charge >= 0.3 is 0 Å². The number of rotatable bonds is 2. The van der Waals surface area contributed by atoms with Crippen LogP contribution in [0.4, 0.5) is 0 Å². The standard InChI is InChI=1S/C12H14ClNO3S/c13-9-1-3-10(4-2-9)18(16,17)11-5-6-12(15)14-8-7-11/h1-4,11H,5-8H2,(H,14,15). The molecule has 1 aliphatic heterocycles. The van der Waals surface area contributed by atoms with Crippen molar-refractivity contribution in [3.05, 3.63) is 29.3 Å². The fraction of sp³-hybridized carbons (Fsp3) is 0.417. The van der Waals surface area contributed by atoms with Gasteiger partial charge in [0.15, 0.2) is 9.84 Å². The average Bonchev–Trinajstić information content (AvgIpc) is 2.55. The molecule has 2 rings (SSSR count). The van der Waals surface area contributed by atoms with Crippen LogP contribution in [-0.2, 0) is 14.6 Å².